The molecule has 6 aromatic rings. The Labute approximate surface area is 270 Å². The number of rotatable bonds is 12. The molecule has 0 radical (unpaired) electrons. The third kappa shape index (κ3) is 6.98. The van der Waals surface area contributed by atoms with Gasteiger partial charge in [0.25, 0.3) is 0 Å². The average molecular weight is 644 g/mol. The molecule has 0 fully saturated rings. The average Bonchev–Trinajstić information content (AvgIpc) is 3.10. The van der Waals surface area contributed by atoms with Crippen molar-refractivity contribution in [3.8, 4) is 34.5 Å². The van der Waals surface area contributed by atoms with Gasteiger partial charge in [0.05, 0.1) is 0 Å². The van der Waals surface area contributed by atoms with Crippen LogP contribution in [0.1, 0.15) is 31.1 Å². The molecule has 0 N–H and O–H groups in total. The second kappa shape index (κ2) is 14.4. The topological polar surface area (TPSA) is 78.9 Å². The van der Waals surface area contributed by atoms with Crippen molar-refractivity contribution < 1.29 is 42.7 Å². The van der Waals surface area contributed by atoms with Gasteiger partial charge >= 0.3 is 272 Å². The van der Waals surface area contributed by atoms with E-state index in [1.54, 1.807) is 109 Å². The Bertz CT molecular complexity index is 1750. The second-order valence-electron chi connectivity index (χ2n) is 9.90. The zero-order valence-corrected chi connectivity index (χ0v) is 25.7. The normalized spacial score (nSPS) is 10.6. The molecule has 0 amide bonds. The van der Waals surface area contributed by atoms with Crippen LogP contribution in [-0.4, -0.2) is 13.9 Å². The van der Waals surface area contributed by atoms with Crippen molar-refractivity contribution in [2.24, 2.45) is 0 Å². The first-order valence-corrected chi connectivity index (χ1v) is 16.3. The van der Waals surface area contributed by atoms with Crippen molar-refractivity contribution in [1.82, 2.24) is 0 Å². The first-order valence-electron chi connectivity index (χ1n) is 14.4. The van der Waals surface area contributed by atoms with Crippen LogP contribution in [0.5, 0.6) is 34.5 Å². The zero-order chi connectivity index (χ0) is 31.7. The fourth-order valence-corrected chi connectivity index (χ4v) is 7.21. The summed E-state index contributed by atoms with van der Waals surface area (Å²) < 4.78 is 16.5. The number of carbonyl (C=O) groups excluding carboxylic acids is 3. The van der Waals surface area contributed by atoms with Gasteiger partial charge in [-0.25, -0.2) is 0 Å². The van der Waals surface area contributed by atoms with E-state index in [2.05, 4.69) is 0 Å². The summed E-state index contributed by atoms with van der Waals surface area (Å²) in [6, 6.07) is 47.0. The second-order valence-corrected chi connectivity index (χ2v) is 12.6. The Balaban J connectivity index is 1.44. The SMILES string of the molecule is O=[C](c1ccccc1Oc1ccccc1)[Cr]([C](=O)c1ccccc1Oc1ccccc1)[C](=O)c1ccccc1Oc1ccccc1. The van der Waals surface area contributed by atoms with Crippen LogP contribution >= 0.6 is 0 Å². The molecule has 225 valence electrons. The van der Waals surface area contributed by atoms with E-state index in [1.165, 1.54) is 0 Å². The Morgan fingerprint density at radius 2 is 0.565 bits per heavy atom. The van der Waals surface area contributed by atoms with Gasteiger partial charge in [-0.2, -0.15) is 0 Å². The Morgan fingerprint density at radius 3 is 0.848 bits per heavy atom. The molecule has 0 aromatic heterocycles. The van der Waals surface area contributed by atoms with Crippen LogP contribution in [0.2, 0.25) is 0 Å². The van der Waals surface area contributed by atoms with Crippen molar-refractivity contribution in [1.29, 1.82) is 0 Å². The van der Waals surface area contributed by atoms with Crippen molar-refractivity contribution in [3.05, 3.63) is 180 Å². The van der Waals surface area contributed by atoms with Crippen LogP contribution in [0.15, 0.2) is 164 Å². The van der Waals surface area contributed by atoms with E-state index in [4.69, 9.17) is 14.2 Å². The van der Waals surface area contributed by atoms with E-state index in [0.29, 0.717) is 17.2 Å². The predicted octanol–water partition coefficient (Wildman–Crippen LogP) is 9.50. The summed E-state index contributed by atoms with van der Waals surface area (Å²) in [4.78, 5) is 43.7. The molecule has 0 aliphatic heterocycles. The molecule has 0 bridgehead atoms. The first kappa shape index (κ1) is 30.3. The summed E-state index contributed by atoms with van der Waals surface area (Å²) in [6.07, 6.45) is 0. The summed E-state index contributed by atoms with van der Waals surface area (Å²) in [6.45, 7) is 0. The van der Waals surface area contributed by atoms with Crippen LogP contribution in [0.25, 0.3) is 0 Å². The van der Waals surface area contributed by atoms with Crippen LogP contribution in [0.4, 0.5) is 0 Å². The standard InChI is InChI=1S/3C13H9O2.Cr/c3*14-10-11-6-4-5-9-13(11)15-12-7-2-1-3-8-12;/h3*1-9H;. The summed E-state index contributed by atoms with van der Waals surface area (Å²) >= 11 is -3.56. The third-order valence-electron chi connectivity index (χ3n) is 6.79. The first-order chi connectivity index (χ1) is 22.6. The number of ether oxygens (including phenoxy) is 3. The Hall–Kier alpha value is -5.74. The maximum absolute atomic E-state index is 14.6. The van der Waals surface area contributed by atoms with E-state index in [1.807, 2.05) is 54.6 Å². The van der Waals surface area contributed by atoms with Gasteiger partial charge in [-0.3, -0.25) is 0 Å². The monoisotopic (exact) mass is 643 g/mol. The maximum atomic E-state index is 14.6. The van der Waals surface area contributed by atoms with E-state index in [-0.39, 0.29) is 33.9 Å². The molecule has 0 heterocycles. The summed E-state index contributed by atoms with van der Waals surface area (Å²) in [7, 11) is 0. The fraction of sp³-hybridized carbons (Fsp3) is 0. The molecule has 46 heavy (non-hydrogen) atoms. The molecule has 0 saturated carbocycles. The minimum absolute atomic E-state index is 0.140. The minimum atomic E-state index is -3.56. The van der Waals surface area contributed by atoms with Crippen LogP contribution in [-0.2, 0) is 14.1 Å². The van der Waals surface area contributed by atoms with Crippen molar-refractivity contribution in [2.45, 2.75) is 0 Å². The Morgan fingerprint density at radius 1 is 0.326 bits per heavy atom. The van der Waals surface area contributed by atoms with Crippen LogP contribution in [0.3, 0.4) is 0 Å². The number of hydrogen-bond donors (Lipinski definition) is 0. The number of carbonyl (C=O) groups is 3. The van der Waals surface area contributed by atoms with Gasteiger partial charge in [-0.15, -0.1) is 0 Å². The summed E-state index contributed by atoms with van der Waals surface area (Å²) in [5.41, 5.74) is 0.419. The zero-order valence-electron chi connectivity index (χ0n) is 24.4. The van der Waals surface area contributed by atoms with E-state index >= 15 is 0 Å². The number of benzene rings is 6. The van der Waals surface area contributed by atoms with Gasteiger partial charge in [0.1, 0.15) is 0 Å². The molecule has 0 saturated heterocycles. The van der Waals surface area contributed by atoms with E-state index in [9.17, 15) is 14.4 Å². The Kier molecular flexibility index (Phi) is 9.46. The molecule has 6 aromatic carbocycles. The molecule has 0 aliphatic carbocycles. The van der Waals surface area contributed by atoms with Crippen molar-refractivity contribution in [2.75, 3.05) is 0 Å². The van der Waals surface area contributed by atoms with Crippen LogP contribution in [0, 0.1) is 0 Å². The van der Waals surface area contributed by atoms with Gasteiger partial charge in [0, 0.05) is 0 Å². The van der Waals surface area contributed by atoms with Gasteiger partial charge in [-0.1, -0.05) is 0 Å². The molecule has 6 rings (SSSR count). The molecule has 7 heteroatoms. The number of para-hydroxylation sites is 6. The molecule has 0 unspecified atom stereocenters. The summed E-state index contributed by atoms with van der Waals surface area (Å²) in [5.74, 6) is 2.28. The summed E-state index contributed by atoms with van der Waals surface area (Å²) in [5, 5.41) is 0. The molecular weight excluding hydrogens is 616 g/mol. The molecule has 0 aliphatic rings. The molecule has 0 atom stereocenters. The fourth-order valence-electron chi connectivity index (χ4n) is 4.60. The quantitative estimate of drug-likeness (QED) is 0.132. The molecule has 6 nitrogen and oxygen atoms in total. The van der Waals surface area contributed by atoms with Gasteiger partial charge < -0.3 is 0 Å². The van der Waals surface area contributed by atoms with Gasteiger partial charge in [-0.05, 0) is 0 Å². The number of hydrogen-bond acceptors (Lipinski definition) is 6. The third-order valence-corrected chi connectivity index (χ3v) is 9.56. The van der Waals surface area contributed by atoms with E-state index in [0.717, 1.165) is 0 Å². The van der Waals surface area contributed by atoms with Crippen molar-refractivity contribution >= 4 is 13.9 Å². The van der Waals surface area contributed by atoms with Crippen molar-refractivity contribution in [3.63, 3.8) is 0 Å². The van der Waals surface area contributed by atoms with Gasteiger partial charge in [0.2, 0.25) is 0 Å². The molecule has 0 spiro atoms. The predicted molar refractivity (Wildman–Crippen MR) is 172 cm³/mol. The van der Waals surface area contributed by atoms with E-state index < -0.39 is 28.1 Å². The van der Waals surface area contributed by atoms with Gasteiger partial charge in [0.15, 0.2) is 0 Å². The van der Waals surface area contributed by atoms with Crippen LogP contribution < -0.4 is 14.2 Å². The molecular formula is C39H27CrO6.